The molecule has 1 aliphatic rings. The van der Waals surface area contributed by atoms with Gasteiger partial charge >= 0.3 is 11.9 Å². The van der Waals surface area contributed by atoms with Crippen molar-refractivity contribution >= 4 is 43.8 Å². The van der Waals surface area contributed by atoms with Gasteiger partial charge in [-0.1, -0.05) is 38.3 Å². The van der Waals surface area contributed by atoms with Crippen molar-refractivity contribution in [1.29, 1.82) is 0 Å². The normalized spacial score (nSPS) is 19.6. The third-order valence-electron chi connectivity index (χ3n) is 4.41. The van der Waals surface area contributed by atoms with Crippen molar-refractivity contribution in [2.75, 3.05) is 0 Å². The van der Waals surface area contributed by atoms with Crippen molar-refractivity contribution in [3.05, 3.63) is 57.5 Å². The maximum Gasteiger partial charge on any atom is 0.314 e. The Balaban J connectivity index is 1.57. The molecule has 136 valence electrons. The molecule has 26 heavy (non-hydrogen) atoms. The quantitative estimate of drug-likeness (QED) is 0.425. The van der Waals surface area contributed by atoms with Gasteiger partial charge in [-0.25, -0.2) is 0 Å². The van der Waals surface area contributed by atoms with Crippen LogP contribution in [0.1, 0.15) is 25.7 Å². The lowest BCUT2D eigenvalue weighted by Gasteiger charge is -2.26. The van der Waals surface area contributed by atoms with E-state index in [0.29, 0.717) is 17.9 Å². The molecule has 4 nitrogen and oxygen atoms in total. The van der Waals surface area contributed by atoms with E-state index in [1.807, 2.05) is 24.3 Å². The van der Waals surface area contributed by atoms with Crippen molar-refractivity contribution in [3.63, 3.8) is 0 Å². The zero-order valence-corrected chi connectivity index (χ0v) is 17.2. The van der Waals surface area contributed by atoms with Crippen molar-refractivity contribution in [2.45, 2.75) is 25.7 Å². The van der Waals surface area contributed by atoms with Crippen LogP contribution in [0.5, 0.6) is 11.5 Å². The Morgan fingerprint density at radius 2 is 1.12 bits per heavy atom. The van der Waals surface area contributed by atoms with E-state index < -0.39 is 0 Å². The first-order valence-electron chi connectivity index (χ1n) is 8.46. The van der Waals surface area contributed by atoms with Crippen LogP contribution >= 0.6 is 31.9 Å². The smallest absolute Gasteiger partial charge is 0.314 e. The van der Waals surface area contributed by atoms with Crippen LogP contribution in [0.25, 0.3) is 0 Å². The molecule has 0 aromatic heterocycles. The molecule has 2 atom stereocenters. The fourth-order valence-corrected chi connectivity index (χ4v) is 3.55. The van der Waals surface area contributed by atoms with Gasteiger partial charge in [0.1, 0.15) is 11.5 Å². The zero-order valence-electron chi connectivity index (χ0n) is 14.0. The third-order valence-corrected chi connectivity index (χ3v) is 5.46. The Labute approximate surface area is 169 Å². The molecule has 3 rings (SSSR count). The van der Waals surface area contributed by atoms with Gasteiger partial charge in [0.15, 0.2) is 0 Å². The topological polar surface area (TPSA) is 52.6 Å². The number of hydrogen-bond acceptors (Lipinski definition) is 4. The molecule has 2 aromatic rings. The molecule has 1 saturated carbocycles. The molecule has 6 heteroatoms. The first-order valence-corrected chi connectivity index (χ1v) is 10.0. The number of rotatable bonds is 4. The number of halogens is 2. The van der Waals surface area contributed by atoms with E-state index >= 15 is 0 Å². The van der Waals surface area contributed by atoms with E-state index in [4.69, 9.17) is 9.47 Å². The highest BCUT2D eigenvalue weighted by Gasteiger charge is 2.33. The Morgan fingerprint density at radius 1 is 0.731 bits per heavy atom. The van der Waals surface area contributed by atoms with E-state index in [2.05, 4.69) is 31.9 Å². The molecule has 0 bridgehead atoms. The fourth-order valence-electron chi connectivity index (χ4n) is 3.02. The highest BCUT2D eigenvalue weighted by molar-refractivity contribution is 9.10. The molecule has 0 spiro atoms. The van der Waals surface area contributed by atoms with Gasteiger partial charge in [0.05, 0.1) is 11.8 Å². The van der Waals surface area contributed by atoms with Gasteiger partial charge in [-0.2, -0.15) is 0 Å². The second kappa shape index (κ2) is 8.82. The second-order valence-corrected chi connectivity index (χ2v) is 8.14. The van der Waals surface area contributed by atoms with Crippen molar-refractivity contribution < 1.29 is 19.1 Å². The first-order chi connectivity index (χ1) is 12.5. The Bertz CT molecular complexity index is 706. The van der Waals surface area contributed by atoms with E-state index in [-0.39, 0.29) is 23.8 Å². The summed E-state index contributed by atoms with van der Waals surface area (Å²) in [5.41, 5.74) is 0. The van der Waals surface area contributed by atoms with E-state index in [1.54, 1.807) is 24.3 Å². The van der Waals surface area contributed by atoms with Crippen LogP contribution in [0.15, 0.2) is 57.5 Å². The molecule has 2 aromatic carbocycles. The predicted octanol–water partition coefficient (Wildman–Crippen LogP) is 5.53. The van der Waals surface area contributed by atoms with Gasteiger partial charge < -0.3 is 9.47 Å². The highest BCUT2D eigenvalue weighted by Crippen LogP contribution is 2.32. The molecule has 1 aliphatic carbocycles. The van der Waals surface area contributed by atoms with Gasteiger partial charge in [0.2, 0.25) is 0 Å². The largest absolute Gasteiger partial charge is 0.426 e. The van der Waals surface area contributed by atoms with Crippen LogP contribution in [-0.2, 0) is 9.59 Å². The van der Waals surface area contributed by atoms with Gasteiger partial charge in [-0.05, 0) is 67.8 Å². The lowest BCUT2D eigenvalue weighted by atomic mass is 9.81. The van der Waals surface area contributed by atoms with Crippen LogP contribution in [-0.4, -0.2) is 11.9 Å². The molecule has 0 aliphatic heterocycles. The van der Waals surface area contributed by atoms with E-state index in [0.717, 1.165) is 28.2 Å². The molecule has 1 fully saturated rings. The summed E-state index contributed by atoms with van der Waals surface area (Å²) < 4.78 is 12.7. The monoisotopic (exact) mass is 480 g/mol. The minimum Gasteiger partial charge on any atom is -0.426 e. The number of hydrogen-bond donors (Lipinski definition) is 0. The molecular weight excluding hydrogens is 464 g/mol. The van der Waals surface area contributed by atoms with Gasteiger partial charge in [0.25, 0.3) is 0 Å². The summed E-state index contributed by atoms with van der Waals surface area (Å²) >= 11 is 6.70. The molecule has 0 N–H and O–H groups in total. The zero-order chi connectivity index (χ0) is 18.5. The number of ether oxygens (including phenoxy) is 2. The van der Waals surface area contributed by atoms with Crippen LogP contribution in [0.2, 0.25) is 0 Å². The molecule has 0 saturated heterocycles. The van der Waals surface area contributed by atoms with Gasteiger partial charge in [-0.15, -0.1) is 0 Å². The fraction of sp³-hybridized carbons (Fsp3) is 0.300. The van der Waals surface area contributed by atoms with Crippen LogP contribution in [0.3, 0.4) is 0 Å². The number of carbonyl (C=O) groups is 2. The minimum absolute atomic E-state index is 0.283. The molecule has 0 radical (unpaired) electrons. The third kappa shape index (κ3) is 5.17. The van der Waals surface area contributed by atoms with Crippen molar-refractivity contribution in [1.82, 2.24) is 0 Å². The lowest BCUT2D eigenvalue weighted by Crippen LogP contribution is -2.31. The standard InChI is InChI=1S/C20H18Br2O4/c21-15-4-8-17(9-5-15)25-19(23)13-2-1-3-14(12-13)20(24)26-18-10-6-16(22)7-11-18/h4-11,13-14H,1-3,12H2/t13-,14+. The summed E-state index contributed by atoms with van der Waals surface area (Å²) in [4.78, 5) is 24.9. The summed E-state index contributed by atoms with van der Waals surface area (Å²) in [7, 11) is 0. The maximum absolute atomic E-state index is 12.4. The Kier molecular flexibility index (Phi) is 6.48. The van der Waals surface area contributed by atoms with Crippen LogP contribution in [0.4, 0.5) is 0 Å². The predicted molar refractivity (Wildman–Crippen MR) is 105 cm³/mol. The van der Waals surface area contributed by atoms with Gasteiger partial charge in [-0.3, -0.25) is 9.59 Å². The summed E-state index contributed by atoms with van der Waals surface area (Å²) in [6.07, 6.45) is 2.74. The number of carbonyl (C=O) groups excluding carboxylic acids is 2. The summed E-state index contributed by atoms with van der Waals surface area (Å²) in [6, 6.07) is 14.2. The summed E-state index contributed by atoms with van der Waals surface area (Å²) in [5, 5.41) is 0. The Morgan fingerprint density at radius 3 is 1.50 bits per heavy atom. The van der Waals surface area contributed by atoms with E-state index in [1.165, 1.54) is 0 Å². The van der Waals surface area contributed by atoms with Gasteiger partial charge in [0, 0.05) is 8.95 Å². The number of benzene rings is 2. The average Bonchev–Trinajstić information content (AvgIpc) is 2.65. The molecule has 0 unspecified atom stereocenters. The molecule has 0 amide bonds. The minimum atomic E-state index is -0.284. The average molecular weight is 482 g/mol. The second-order valence-electron chi connectivity index (χ2n) is 6.31. The Hall–Kier alpha value is -1.66. The van der Waals surface area contributed by atoms with E-state index in [9.17, 15) is 9.59 Å². The summed E-state index contributed by atoms with van der Waals surface area (Å²) in [6.45, 7) is 0. The lowest BCUT2D eigenvalue weighted by molar-refractivity contribution is -0.144. The number of esters is 2. The first kappa shape index (κ1) is 19.1. The molecular formula is C20H18Br2O4. The highest BCUT2D eigenvalue weighted by atomic mass is 79.9. The van der Waals surface area contributed by atoms with Crippen molar-refractivity contribution in [2.24, 2.45) is 11.8 Å². The SMILES string of the molecule is O=C(Oc1ccc(Br)cc1)[C@@H]1CCC[C@H](C(=O)Oc2ccc(Br)cc2)C1. The summed E-state index contributed by atoms with van der Waals surface area (Å²) in [5.74, 6) is -0.109. The van der Waals surface area contributed by atoms with Crippen LogP contribution in [0, 0.1) is 11.8 Å². The molecule has 0 heterocycles. The van der Waals surface area contributed by atoms with Crippen LogP contribution < -0.4 is 9.47 Å². The van der Waals surface area contributed by atoms with Crippen molar-refractivity contribution in [3.8, 4) is 11.5 Å². The maximum atomic E-state index is 12.4.